The van der Waals surface area contributed by atoms with Crippen LogP contribution in [0.1, 0.15) is 37.7 Å². The van der Waals surface area contributed by atoms with Crippen LogP contribution < -0.4 is 10.1 Å². The molecule has 0 atom stereocenters. The molecule has 1 aliphatic rings. The molecule has 0 bridgehead atoms. The lowest BCUT2D eigenvalue weighted by atomic mass is 9.94. The molecule has 1 fully saturated rings. The van der Waals surface area contributed by atoms with Crippen LogP contribution >= 0.6 is 23.8 Å². The summed E-state index contributed by atoms with van der Waals surface area (Å²) in [5.74, 6) is 0.693. The van der Waals surface area contributed by atoms with Crippen molar-refractivity contribution in [2.24, 2.45) is 7.05 Å². The van der Waals surface area contributed by atoms with Crippen LogP contribution in [0.5, 0.6) is 5.75 Å². The van der Waals surface area contributed by atoms with Crippen LogP contribution in [0.2, 0.25) is 5.02 Å². The Kier molecular flexibility index (Phi) is 6.49. The second kappa shape index (κ2) is 9.27. The van der Waals surface area contributed by atoms with Gasteiger partial charge in [-0.25, -0.2) is 0 Å². The summed E-state index contributed by atoms with van der Waals surface area (Å²) in [6, 6.07) is 14.6. The number of methoxy groups -OCH3 is 1. The van der Waals surface area contributed by atoms with Gasteiger partial charge in [0, 0.05) is 47.8 Å². The van der Waals surface area contributed by atoms with Gasteiger partial charge in [0.1, 0.15) is 5.75 Å². The monoisotopic (exact) mass is 441 g/mol. The topological polar surface area (TPSA) is 29.4 Å². The van der Waals surface area contributed by atoms with Crippen molar-refractivity contribution in [1.29, 1.82) is 0 Å². The van der Waals surface area contributed by atoms with E-state index in [1.54, 1.807) is 7.11 Å². The number of rotatable bonds is 5. The van der Waals surface area contributed by atoms with E-state index in [1.165, 1.54) is 48.6 Å². The molecule has 3 aromatic rings. The maximum absolute atomic E-state index is 6.13. The highest BCUT2D eigenvalue weighted by atomic mass is 35.5. The molecule has 0 radical (unpaired) electrons. The quantitative estimate of drug-likeness (QED) is 0.465. The highest BCUT2D eigenvalue weighted by molar-refractivity contribution is 7.80. The van der Waals surface area contributed by atoms with Crippen molar-refractivity contribution in [2.45, 2.75) is 44.7 Å². The van der Waals surface area contributed by atoms with Crippen molar-refractivity contribution in [3.8, 4) is 5.75 Å². The highest BCUT2D eigenvalue weighted by Gasteiger charge is 2.25. The van der Waals surface area contributed by atoms with Gasteiger partial charge in [-0.05, 0) is 48.8 Å². The number of anilines is 1. The minimum absolute atomic E-state index is 0.441. The molecule has 0 spiro atoms. The maximum atomic E-state index is 6.13. The third-order valence-corrected chi connectivity index (χ3v) is 6.57. The van der Waals surface area contributed by atoms with E-state index in [9.17, 15) is 0 Å². The Morgan fingerprint density at radius 2 is 1.97 bits per heavy atom. The van der Waals surface area contributed by atoms with Crippen LogP contribution in [0.4, 0.5) is 5.69 Å². The summed E-state index contributed by atoms with van der Waals surface area (Å²) >= 11 is 12.1. The molecule has 0 saturated heterocycles. The number of ether oxygens (including phenoxy) is 1. The smallest absolute Gasteiger partial charge is 0.174 e. The Morgan fingerprint density at radius 1 is 1.20 bits per heavy atom. The summed E-state index contributed by atoms with van der Waals surface area (Å²) in [7, 11) is 3.75. The molecule has 0 amide bonds. The van der Waals surface area contributed by atoms with E-state index in [-0.39, 0.29) is 0 Å². The Hall–Kier alpha value is -2.24. The first kappa shape index (κ1) is 21.0. The number of hydrogen-bond acceptors (Lipinski definition) is 2. The Balaban J connectivity index is 1.63. The van der Waals surface area contributed by atoms with Gasteiger partial charge < -0.3 is 19.5 Å². The number of aryl methyl sites for hydroxylation is 1. The molecular weight excluding hydrogens is 414 g/mol. The van der Waals surface area contributed by atoms with Crippen LogP contribution in [0.25, 0.3) is 10.9 Å². The van der Waals surface area contributed by atoms with E-state index < -0.39 is 0 Å². The molecule has 158 valence electrons. The summed E-state index contributed by atoms with van der Waals surface area (Å²) in [6.07, 6.45) is 8.39. The normalized spacial score (nSPS) is 14.6. The molecule has 4 nitrogen and oxygen atoms in total. The van der Waals surface area contributed by atoms with Crippen molar-refractivity contribution < 1.29 is 4.74 Å². The molecule has 0 unspecified atom stereocenters. The average molecular weight is 442 g/mol. The SMILES string of the molecule is COc1cc(Cl)ccc1NC(=S)N(Cc1cn(C)c2ccccc12)C1CCCCC1. The fourth-order valence-electron chi connectivity index (χ4n) is 4.45. The van der Waals surface area contributed by atoms with Crippen LogP contribution in [0.15, 0.2) is 48.7 Å². The average Bonchev–Trinajstić information content (AvgIpc) is 3.09. The molecule has 6 heteroatoms. The van der Waals surface area contributed by atoms with Crippen molar-refractivity contribution in [3.63, 3.8) is 0 Å². The van der Waals surface area contributed by atoms with Crippen molar-refractivity contribution >= 4 is 45.5 Å². The summed E-state index contributed by atoms with van der Waals surface area (Å²) < 4.78 is 7.70. The van der Waals surface area contributed by atoms with Gasteiger partial charge in [-0.15, -0.1) is 0 Å². The predicted molar refractivity (Wildman–Crippen MR) is 130 cm³/mol. The van der Waals surface area contributed by atoms with Crippen molar-refractivity contribution in [3.05, 3.63) is 59.2 Å². The van der Waals surface area contributed by atoms with Gasteiger partial charge in [-0.3, -0.25) is 0 Å². The van der Waals surface area contributed by atoms with Gasteiger partial charge in [-0.1, -0.05) is 49.1 Å². The minimum atomic E-state index is 0.441. The lowest BCUT2D eigenvalue weighted by Gasteiger charge is -2.36. The number of fused-ring (bicyclic) bond motifs is 1. The zero-order valence-electron chi connectivity index (χ0n) is 17.5. The van der Waals surface area contributed by atoms with Crippen LogP contribution in [0, 0.1) is 0 Å². The number of thiocarbonyl (C=S) groups is 1. The van der Waals surface area contributed by atoms with E-state index in [1.807, 2.05) is 18.2 Å². The highest BCUT2D eigenvalue weighted by Crippen LogP contribution is 2.31. The fraction of sp³-hybridized carbons (Fsp3) is 0.375. The first-order chi connectivity index (χ1) is 14.6. The first-order valence-electron chi connectivity index (χ1n) is 10.5. The molecule has 1 saturated carbocycles. The predicted octanol–water partition coefficient (Wildman–Crippen LogP) is 6.37. The van der Waals surface area contributed by atoms with Crippen LogP contribution in [-0.2, 0) is 13.6 Å². The van der Waals surface area contributed by atoms with E-state index in [4.69, 9.17) is 28.6 Å². The number of aromatic nitrogens is 1. The Bertz CT molecular complexity index is 1040. The lowest BCUT2D eigenvalue weighted by Crippen LogP contribution is -2.43. The van der Waals surface area contributed by atoms with E-state index in [0.29, 0.717) is 16.8 Å². The zero-order chi connectivity index (χ0) is 21.1. The first-order valence-corrected chi connectivity index (χ1v) is 11.3. The van der Waals surface area contributed by atoms with Gasteiger partial charge in [0.15, 0.2) is 5.11 Å². The molecule has 1 heterocycles. The van der Waals surface area contributed by atoms with E-state index in [2.05, 4.69) is 52.3 Å². The Labute approximate surface area is 188 Å². The molecular formula is C24H28ClN3OS. The second-order valence-electron chi connectivity index (χ2n) is 7.98. The number of hydrogen-bond donors (Lipinski definition) is 1. The van der Waals surface area contributed by atoms with Crippen LogP contribution in [0.3, 0.4) is 0 Å². The van der Waals surface area contributed by atoms with E-state index in [0.717, 1.165) is 17.3 Å². The standard InChI is InChI=1S/C24H28ClN3OS/c1-27-15-17(20-10-6-7-11-22(20)27)16-28(19-8-4-3-5-9-19)24(30)26-21-13-12-18(25)14-23(21)29-2/h6-7,10-15,19H,3-5,8-9,16H2,1-2H3,(H,26,30). The summed E-state index contributed by atoms with van der Waals surface area (Å²) in [6.45, 7) is 0.785. The summed E-state index contributed by atoms with van der Waals surface area (Å²) in [5, 5.41) is 6.09. The third-order valence-electron chi connectivity index (χ3n) is 6.00. The summed E-state index contributed by atoms with van der Waals surface area (Å²) in [5.41, 5.74) is 3.38. The number of para-hydroxylation sites is 1. The molecule has 30 heavy (non-hydrogen) atoms. The minimum Gasteiger partial charge on any atom is -0.495 e. The number of benzene rings is 2. The lowest BCUT2D eigenvalue weighted by molar-refractivity contribution is 0.241. The van der Waals surface area contributed by atoms with Gasteiger partial charge in [0.25, 0.3) is 0 Å². The third kappa shape index (κ3) is 4.42. The number of nitrogens with one attached hydrogen (secondary N) is 1. The van der Waals surface area contributed by atoms with Gasteiger partial charge in [0.2, 0.25) is 0 Å². The molecule has 1 N–H and O–H groups in total. The largest absolute Gasteiger partial charge is 0.495 e. The second-order valence-corrected chi connectivity index (χ2v) is 8.80. The van der Waals surface area contributed by atoms with Crippen molar-refractivity contribution in [1.82, 2.24) is 9.47 Å². The molecule has 1 aliphatic carbocycles. The number of nitrogens with zero attached hydrogens (tertiary/aromatic N) is 2. The molecule has 2 aromatic carbocycles. The Morgan fingerprint density at radius 3 is 2.73 bits per heavy atom. The number of halogens is 1. The van der Waals surface area contributed by atoms with Gasteiger partial charge in [-0.2, -0.15) is 0 Å². The van der Waals surface area contributed by atoms with Gasteiger partial charge in [0.05, 0.1) is 12.8 Å². The molecule has 0 aliphatic heterocycles. The molecule has 1 aromatic heterocycles. The van der Waals surface area contributed by atoms with E-state index >= 15 is 0 Å². The zero-order valence-corrected chi connectivity index (χ0v) is 19.1. The summed E-state index contributed by atoms with van der Waals surface area (Å²) in [4.78, 5) is 2.37. The van der Waals surface area contributed by atoms with Crippen molar-refractivity contribution in [2.75, 3.05) is 12.4 Å². The fourth-order valence-corrected chi connectivity index (χ4v) is 4.94. The maximum Gasteiger partial charge on any atom is 0.174 e. The molecule has 4 rings (SSSR count). The van der Waals surface area contributed by atoms with Gasteiger partial charge >= 0.3 is 0 Å². The van der Waals surface area contributed by atoms with Crippen LogP contribution in [-0.4, -0.2) is 27.7 Å².